The van der Waals surface area contributed by atoms with Gasteiger partial charge in [0.05, 0.1) is 10.6 Å². The van der Waals surface area contributed by atoms with Crippen LogP contribution in [0.1, 0.15) is 24.2 Å². The number of ether oxygens (including phenoxy) is 2. The van der Waals surface area contributed by atoms with E-state index in [1.54, 1.807) is 38.1 Å². The number of benzene rings is 2. The largest absolute Gasteiger partial charge is 0.454 e. The van der Waals surface area contributed by atoms with E-state index < -0.39 is 21.5 Å². The number of rotatable bonds is 6. The zero-order valence-corrected chi connectivity index (χ0v) is 17.0. The van der Waals surface area contributed by atoms with Crippen molar-refractivity contribution in [2.75, 3.05) is 18.1 Å². The average molecular weight is 428 g/mol. The van der Waals surface area contributed by atoms with Crippen LogP contribution in [0.3, 0.4) is 0 Å². The first kappa shape index (κ1) is 21.8. The van der Waals surface area contributed by atoms with Crippen LogP contribution in [-0.2, 0) is 10.0 Å². The van der Waals surface area contributed by atoms with Gasteiger partial charge >= 0.3 is 0 Å². The van der Waals surface area contributed by atoms with Crippen molar-refractivity contribution in [3.63, 3.8) is 0 Å². The molecule has 0 spiro atoms. The van der Waals surface area contributed by atoms with Gasteiger partial charge in [-0.3, -0.25) is 9.52 Å². The zero-order chi connectivity index (χ0) is 19.7. The van der Waals surface area contributed by atoms with Gasteiger partial charge in [-0.05, 0) is 44.2 Å². The molecule has 1 amide bonds. The molecular weight excluding hydrogens is 406 g/mol. The summed E-state index contributed by atoms with van der Waals surface area (Å²) in [7, 11) is -3.88. The van der Waals surface area contributed by atoms with Crippen molar-refractivity contribution < 1.29 is 22.7 Å². The van der Waals surface area contributed by atoms with E-state index in [-0.39, 0.29) is 36.2 Å². The van der Waals surface area contributed by atoms with Gasteiger partial charge in [0.2, 0.25) is 6.79 Å². The number of nitrogens with two attached hydrogens (primary N) is 1. The zero-order valence-electron chi connectivity index (χ0n) is 15.4. The Labute approximate surface area is 169 Å². The van der Waals surface area contributed by atoms with E-state index >= 15 is 0 Å². The van der Waals surface area contributed by atoms with Gasteiger partial charge in [-0.2, -0.15) is 0 Å². The number of hydrogen-bond acceptors (Lipinski definition) is 6. The first-order valence-corrected chi connectivity index (χ1v) is 9.72. The van der Waals surface area contributed by atoms with Crippen LogP contribution in [0.4, 0.5) is 5.69 Å². The third kappa shape index (κ3) is 5.28. The van der Waals surface area contributed by atoms with E-state index in [1.165, 1.54) is 18.2 Å². The molecule has 0 aliphatic carbocycles. The van der Waals surface area contributed by atoms with Crippen molar-refractivity contribution in [3.8, 4) is 11.5 Å². The van der Waals surface area contributed by atoms with Crippen LogP contribution in [0.2, 0.25) is 0 Å². The molecule has 0 saturated carbocycles. The van der Waals surface area contributed by atoms with Crippen molar-refractivity contribution >= 4 is 34.0 Å². The second-order valence-electron chi connectivity index (χ2n) is 6.87. The molecule has 2 aromatic rings. The Morgan fingerprint density at radius 2 is 1.86 bits per heavy atom. The lowest BCUT2D eigenvalue weighted by molar-refractivity contribution is 0.0946. The van der Waals surface area contributed by atoms with Gasteiger partial charge in [0.1, 0.15) is 0 Å². The molecule has 28 heavy (non-hydrogen) atoms. The fourth-order valence-electron chi connectivity index (χ4n) is 2.39. The fourth-order valence-corrected chi connectivity index (χ4v) is 3.48. The highest BCUT2D eigenvalue weighted by atomic mass is 35.5. The number of nitrogens with one attached hydrogen (secondary N) is 2. The molecule has 152 valence electrons. The maximum Gasteiger partial charge on any atom is 0.261 e. The Bertz CT molecular complexity index is 973. The summed E-state index contributed by atoms with van der Waals surface area (Å²) in [5.41, 5.74) is 5.84. The molecule has 0 aromatic heterocycles. The fraction of sp³-hybridized carbons (Fsp3) is 0.278. The van der Waals surface area contributed by atoms with E-state index in [9.17, 15) is 13.2 Å². The first-order chi connectivity index (χ1) is 12.6. The second-order valence-corrected chi connectivity index (χ2v) is 8.56. The number of anilines is 1. The number of amides is 1. The number of hydrogen-bond donors (Lipinski definition) is 3. The van der Waals surface area contributed by atoms with Gasteiger partial charge in [-0.1, -0.05) is 6.07 Å². The van der Waals surface area contributed by atoms with Gasteiger partial charge in [0.15, 0.2) is 11.5 Å². The third-order valence-corrected chi connectivity index (χ3v) is 5.11. The molecule has 10 heteroatoms. The van der Waals surface area contributed by atoms with E-state index in [0.29, 0.717) is 17.2 Å². The smallest absolute Gasteiger partial charge is 0.261 e. The van der Waals surface area contributed by atoms with E-state index in [0.717, 1.165) is 0 Å². The third-order valence-electron chi connectivity index (χ3n) is 3.74. The Morgan fingerprint density at radius 3 is 2.57 bits per heavy atom. The van der Waals surface area contributed by atoms with Crippen molar-refractivity contribution in [2.24, 2.45) is 5.73 Å². The highest BCUT2D eigenvalue weighted by Crippen LogP contribution is 2.34. The molecule has 0 atom stereocenters. The lowest BCUT2D eigenvalue weighted by atomic mass is 10.1. The predicted molar refractivity (Wildman–Crippen MR) is 108 cm³/mol. The van der Waals surface area contributed by atoms with Crippen LogP contribution in [0, 0.1) is 0 Å². The number of carbonyl (C=O) groups is 1. The maximum absolute atomic E-state index is 12.7. The quantitative estimate of drug-likeness (QED) is 0.649. The summed E-state index contributed by atoms with van der Waals surface area (Å²) in [6.45, 7) is 3.92. The molecular formula is C18H22ClN3O5S. The van der Waals surface area contributed by atoms with Crippen LogP contribution >= 0.6 is 12.4 Å². The van der Waals surface area contributed by atoms with Crippen molar-refractivity contribution in [2.45, 2.75) is 24.3 Å². The van der Waals surface area contributed by atoms with Crippen LogP contribution in [0.5, 0.6) is 11.5 Å². The second kappa shape index (κ2) is 8.26. The predicted octanol–water partition coefficient (Wildman–Crippen LogP) is 2.10. The lowest BCUT2D eigenvalue weighted by Gasteiger charge is -2.19. The van der Waals surface area contributed by atoms with E-state index in [4.69, 9.17) is 15.2 Å². The summed E-state index contributed by atoms with van der Waals surface area (Å²) in [6.07, 6.45) is 0. The monoisotopic (exact) mass is 427 g/mol. The number of sulfonamides is 1. The Balaban J connectivity index is 0.00000280. The molecule has 0 radical (unpaired) electrons. The maximum atomic E-state index is 12.7. The summed E-state index contributed by atoms with van der Waals surface area (Å²) < 4.78 is 38.2. The molecule has 0 saturated heterocycles. The molecule has 2 aromatic carbocycles. The van der Waals surface area contributed by atoms with Gasteiger partial charge in [0.25, 0.3) is 15.9 Å². The first-order valence-electron chi connectivity index (χ1n) is 8.24. The topological polar surface area (TPSA) is 120 Å². The van der Waals surface area contributed by atoms with Crippen LogP contribution in [-0.4, -0.2) is 33.2 Å². The summed E-state index contributed by atoms with van der Waals surface area (Å²) >= 11 is 0. The molecule has 0 bridgehead atoms. The summed E-state index contributed by atoms with van der Waals surface area (Å²) in [4.78, 5) is 12.2. The molecule has 4 N–H and O–H groups in total. The van der Waals surface area contributed by atoms with Crippen molar-refractivity contribution in [1.82, 2.24) is 5.32 Å². The Hall–Kier alpha value is -2.49. The van der Waals surface area contributed by atoms with E-state index in [1.807, 2.05) is 0 Å². The van der Waals surface area contributed by atoms with Gasteiger partial charge in [-0.25, -0.2) is 8.42 Å². The molecule has 1 heterocycles. The van der Waals surface area contributed by atoms with Crippen LogP contribution < -0.4 is 25.2 Å². The minimum Gasteiger partial charge on any atom is -0.454 e. The van der Waals surface area contributed by atoms with Gasteiger partial charge in [0, 0.05) is 23.7 Å². The number of halogens is 1. The molecule has 0 fully saturated rings. The number of carbonyl (C=O) groups excluding carboxylic acids is 1. The normalized spacial score (nSPS) is 12.8. The van der Waals surface area contributed by atoms with Crippen molar-refractivity contribution in [3.05, 3.63) is 48.0 Å². The number of fused-ring (bicyclic) bond motifs is 1. The summed E-state index contributed by atoms with van der Waals surface area (Å²) in [5, 5.41) is 2.69. The Kier molecular flexibility index (Phi) is 6.43. The Morgan fingerprint density at radius 1 is 1.14 bits per heavy atom. The van der Waals surface area contributed by atoms with Crippen LogP contribution in [0.15, 0.2) is 47.4 Å². The van der Waals surface area contributed by atoms with Crippen LogP contribution in [0.25, 0.3) is 0 Å². The molecule has 3 rings (SSSR count). The lowest BCUT2D eigenvalue weighted by Crippen LogP contribution is -2.45. The van der Waals surface area contributed by atoms with Gasteiger partial charge < -0.3 is 20.5 Å². The van der Waals surface area contributed by atoms with Gasteiger partial charge in [-0.15, -0.1) is 12.4 Å². The summed E-state index contributed by atoms with van der Waals surface area (Å²) in [6, 6.07) is 10.5. The summed E-state index contributed by atoms with van der Waals surface area (Å²) in [5.74, 6) is 0.626. The highest BCUT2D eigenvalue weighted by molar-refractivity contribution is 7.92. The average Bonchev–Trinajstić information content (AvgIpc) is 3.06. The SMILES string of the molecule is CC(C)(N)CNC(=O)c1cccc(S(=O)(=O)Nc2ccc3c(c2)OCO3)c1.Cl. The van der Waals surface area contributed by atoms with E-state index in [2.05, 4.69) is 10.0 Å². The molecule has 1 aliphatic rings. The molecule has 8 nitrogen and oxygen atoms in total. The molecule has 1 aliphatic heterocycles. The standard InChI is InChI=1S/C18H21N3O5S.ClH/c1-18(2,19)10-20-17(22)12-4-3-5-14(8-12)27(23,24)21-13-6-7-15-16(9-13)26-11-25-15;/h3-9,21H,10-11,19H2,1-2H3,(H,20,22);1H. The van der Waals surface area contributed by atoms with Crippen molar-refractivity contribution in [1.29, 1.82) is 0 Å². The molecule has 0 unspecified atom stereocenters. The minimum atomic E-state index is -3.88. The minimum absolute atomic E-state index is 0. The highest BCUT2D eigenvalue weighted by Gasteiger charge is 2.20.